The third-order valence-electron chi connectivity index (χ3n) is 2.80. The van der Waals surface area contributed by atoms with Gasteiger partial charge in [0.1, 0.15) is 0 Å². The van der Waals surface area contributed by atoms with E-state index >= 15 is 0 Å². The quantitative estimate of drug-likeness (QED) is 0.712. The fourth-order valence-corrected chi connectivity index (χ4v) is 1.83. The Morgan fingerprint density at radius 1 is 1.25 bits per heavy atom. The van der Waals surface area contributed by atoms with E-state index in [0.29, 0.717) is 18.9 Å². The summed E-state index contributed by atoms with van der Waals surface area (Å²) in [6.45, 7) is 11.0. The Morgan fingerprint density at radius 2 is 1.81 bits per heavy atom. The smallest absolute Gasteiger partial charge is 0.306 e. The van der Waals surface area contributed by atoms with Crippen LogP contribution in [0.2, 0.25) is 0 Å². The van der Waals surface area contributed by atoms with Gasteiger partial charge < -0.3 is 10.5 Å². The Labute approximate surface area is 99.7 Å². The molecule has 0 aromatic carbocycles. The van der Waals surface area contributed by atoms with Crippen molar-refractivity contribution in [1.82, 2.24) is 0 Å². The lowest BCUT2D eigenvalue weighted by molar-refractivity contribution is -0.147. The zero-order chi connectivity index (χ0) is 12.8. The highest BCUT2D eigenvalue weighted by atomic mass is 16.5. The minimum absolute atomic E-state index is 0.0184. The van der Waals surface area contributed by atoms with Crippen molar-refractivity contribution < 1.29 is 9.53 Å². The zero-order valence-electron chi connectivity index (χ0n) is 11.4. The topological polar surface area (TPSA) is 52.3 Å². The molecule has 0 aliphatic heterocycles. The molecule has 0 fully saturated rings. The minimum Gasteiger partial charge on any atom is -0.463 e. The van der Waals surface area contributed by atoms with E-state index in [1.54, 1.807) is 0 Å². The molecule has 1 atom stereocenters. The second-order valence-electron chi connectivity index (χ2n) is 5.72. The minimum atomic E-state index is -0.0960. The van der Waals surface area contributed by atoms with E-state index in [9.17, 15) is 4.79 Å². The van der Waals surface area contributed by atoms with E-state index in [-0.39, 0.29) is 17.5 Å². The standard InChI is InChI=1S/C13H27NO2/c1-10(2)16-12(15)7-6-11(8-9-14)13(3,4)5/h10-11H,6-9,14H2,1-5H3. The lowest BCUT2D eigenvalue weighted by Crippen LogP contribution is -2.24. The number of hydrogen-bond acceptors (Lipinski definition) is 3. The normalized spacial score (nSPS) is 13.9. The number of hydrogen-bond donors (Lipinski definition) is 1. The highest BCUT2D eigenvalue weighted by Crippen LogP contribution is 2.32. The molecule has 0 saturated carbocycles. The molecule has 0 spiro atoms. The highest BCUT2D eigenvalue weighted by Gasteiger charge is 2.24. The summed E-state index contributed by atoms with van der Waals surface area (Å²) in [5.74, 6) is 0.387. The first-order valence-corrected chi connectivity index (χ1v) is 6.17. The second kappa shape index (κ2) is 6.89. The van der Waals surface area contributed by atoms with Gasteiger partial charge in [-0.05, 0) is 44.6 Å². The summed E-state index contributed by atoms with van der Waals surface area (Å²) in [5.41, 5.74) is 5.80. The van der Waals surface area contributed by atoms with Gasteiger partial charge >= 0.3 is 5.97 Å². The summed E-state index contributed by atoms with van der Waals surface area (Å²) in [4.78, 5) is 11.4. The Bertz CT molecular complexity index is 206. The molecule has 0 aliphatic carbocycles. The van der Waals surface area contributed by atoms with Crippen molar-refractivity contribution in [2.75, 3.05) is 6.54 Å². The molecule has 0 saturated heterocycles. The van der Waals surface area contributed by atoms with Crippen molar-refractivity contribution in [2.45, 2.75) is 60.0 Å². The van der Waals surface area contributed by atoms with Gasteiger partial charge in [-0.3, -0.25) is 4.79 Å². The van der Waals surface area contributed by atoms with Crippen molar-refractivity contribution in [2.24, 2.45) is 17.1 Å². The number of rotatable bonds is 6. The van der Waals surface area contributed by atoms with Crippen molar-refractivity contribution >= 4 is 5.97 Å². The molecule has 0 rings (SSSR count). The fraction of sp³-hybridized carbons (Fsp3) is 0.923. The van der Waals surface area contributed by atoms with Crippen LogP contribution in [-0.2, 0) is 9.53 Å². The van der Waals surface area contributed by atoms with E-state index in [1.165, 1.54) is 0 Å². The van der Waals surface area contributed by atoms with Crippen LogP contribution in [0.3, 0.4) is 0 Å². The maximum Gasteiger partial charge on any atom is 0.306 e. The lowest BCUT2D eigenvalue weighted by Gasteiger charge is -2.30. The first kappa shape index (κ1) is 15.4. The van der Waals surface area contributed by atoms with Gasteiger partial charge in [-0.1, -0.05) is 20.8 Å². The third-order valence-corrected chi connectivity index (χ3v) is 2.80. The van der Waals surface area contributed by atoms with Crippen molar-refractivity contribution in [1.29, 1.82) is 0 Å². The average molecular weight is 229 g/mol. The van der Waals surface area contributed by atoms with Crippen LogP contribution in [0.15, 0.2) is 0 Å². The van der Waals surface area contributed by atoms with E-state index in [1.807, 2.05) is 13.8 Å². The van der Waals surface area contributed by atoms with Gasteiger partial charge in [-0.25, -0.2) is 0 Å². The van der Waals surface area contributed by atoms with Crippen LogP contribution in [0.5, 0.6) is 0 Å². The summed E-state index contributed by atoms with van der Waals surface area (Å²) >= 11 is 0. The first-order valence-electron chi connectivity index (χ1n) is 6.17. The van der Waals surface area contributed by atoms with Crippen LogP contribution in [0, 0.1) is 11.3 Å². The molecule has 0 heterocycles. The van der Waals surface area contributed by atoms with Gasteiger partial charge in [0.2, 0.25) is 0 Å². The zero-order valence-corrected chi connectivity index (χ0v) is 11.4. The number of carbonyl (C=O) groups excluding carboxylic acids is 1. The molecule has 16 heavy (non-hydrogen) atoms. The molecule has 0 aromatic heterocycles. The maximum atomic E-state index is 11.4. The summed E-state index contributed by atoms with van der Waals surface area (Å²) in [6, 6.07) is 0. The third kappa shape index (κ3) is 6.83. The molecular weight excluding hydrogens is 202 g/mol. The van der Waals surface area contributed by atoms with Gasteiger partial charge in [0.05, 0.1) is 6.10 Å². The van der Waals surface area contributed by atoms with Gasteiger partial charge in [0, 0.05) is 6.42 Å². The molecule has 0 amide bonds. The van der Waals surface area contributed by atoms with Crippen LogP contribution >= 0.6 is 0 Å². The molecule has 96 valence electrons. The lowest BCUT2D eigenvalue weighted by atomic mass is 9.76. The van der Waals surface area contributed by atoms with E-state index in [0.717, 1.165) is 12.8 Å². The predicted molar refractivity (Wildman–Crippen MR) is 67.1 cm³/mol. The highest BCUT2D eigenvalue weighted by molar-refractivity contribution is 5.69. The molecular formula is C13H27NO2. The van der Waals surface area contributed by atoms with Crippen molar-refractivity contribution in [3.05, 3.63) is 0 Å². The van der Waals surface area contributed by atoms with Gasteiger partial charge in [0.25, 0.3) is 0 Å². The maximum absolute atomic E-state index is 11.4. The molecule has 2 N–H and O–H groups in total. The Kier molecular flexibility index (Phi) is 6.65. The average Bonchev–Trinajstić information content (AvgIpc) is 2.08. The van der Waals surface area contributed by atoms with Crippen molar-refractivity contribution in [3.63, 3.8) is 0 Å². The first-order chi connectivity index (χ1) is 7.27. The van der Waals surface area contributed by atoms with Crippen LogP contribution in [0.4, 0.5) is 0 Å². The summed E-state index contributed by atoms with van der Waals surface area (Å²) in [6.07, 6.45) is 2.32. The van der Waals surface area contributed by atoms with Gasteiger partial charge in [0.15, 0.2) is 0 Å². The number of nitrogens with two attached hydrogens (primary N) is 1. The molecule has 0 aromatic rings. The van der Waals surface area contributed by atoms with Crippen LogP contribution in [-0.4, -0.2) is 18.6 Å². The van der Waals surface area contributed by atoms with E-state index < -0.39 is 0 Å². The molecule has 0 radical (unpaired) electrons. The Balaban J connectivity index is 4.07. The number of carbonyl (C=O) groups is 1. The Hall–Kier alpha value is -0.570. The molecule has 3 heteroatoms. The Morgan fingerprint density at radius 3 is 2.19 bits per heavy atom. The van der Waals surface area contributed by atoms with Crippen molar-refractivity contribution in [3.8, 4) is 0 Å². The van der Waals surface area contributed by atoms with E-state index in [4.69, 9.17) is 10.5 Å². The molecule has 3 nitrogen and oxygen atoms in total. The van der Waals surface area contributed by atoms with Gasteiger partial charge in [-0.15, -0.1) is 0 Å². The predicted octanol–water partition coefficient (Wildman–Crippen LogP) is 2.73. The molecule has 0 bridgehead atoms. The summed E-state index contributed by atoms with van der Waals surface area (Å²) in [5, 5.41) is 0. The monoisotopic (exact) mass is 229 g/mol. The molecule has 1 unspecified atom stereocenters. The SMILES string of the molecule is CC(C)OC(=O)CCC(CCN)C(C)(C)C. The summed E-state index contributed by atoms with van der Waals surface area (Å²) < 4.78 is 5.12. The van der Waals surface area contributed by atoms with Crippen LogP contribution in [0.1, 0.15) is 53.9 Å². The second-order valence-corrected chi connectivity index (χ2v) is 5.72. The van der Waals surface area contributed by atoms with E-state index in [2.05, 4.69) is 20.8 Å². The number of esters is 1. The van der Waals surface area contributed by atoms with Crippen LogP contribution < -0.4 is 5.73 Å². The largest absolute Gasteiger partial charge is 0.463 e. The van der Waals surface area contributed by atoms with Gasteiger partial charge in [-0.2, -0.15) is 0 Å². The number of ether oxygens (including phenoxy) is 1. The van der Waals surface area contributed by atoms with Crippen LogP contribution in [0.25, 0.3) is 0 Å². The summed E-state index contributed by atoms with van der Waals surface area (Å²) in [7, 11) is 0. The molecule has 0 aliphatic rings. The fourth-order valence-electron chi connectivity index (χ4n) is 1.83.